The average Bonchev–Trinajstić information content (AvgIpc) is 3.23. The summed E-state index contributed by atoms with van der Waals surface area (Å²) >= 11 is 6.10. The molecule has 3 aromatic rings. The summed E-state index contributed by atoms with van der Waals surface area (Å²) < 4.78 is 9.86. The van der Waals surface area contributed by atoms with Crippen molar-refractivity contribution in [3.05, 3.63) is 65.1 Å². The number of carbonyl (C=O) groups is 3. The van der Waals surface area contributed by atoms with Crippen LogP contribution in [0.25, 0.3) is 10.9 Å². The maximum absolute atomic E-state index is 12.5. The predicted molar refractivity (Wildman–Crippen MR) is 132 cm³/mol. The van der Waals surface area contributed by atoms with Crippen molar-refractivity contribution < 1.29 is 23.9 Å². The minimum Gasteiger partial charge on any atom is -0.462 e. The molecular formula is C25H29ClN4O5. The number of fused-ring (bicyclic) bond motifs is 1. The lowest BCUT2D eigenvalue weighted by Gasteiger charge is -2.33. The number of halogens is 1. The van der Waals surface area contributed by atoms with E-state index in [0.29, 0.717) is 31.3 Å². The Kier molecular flexibility index (Phi) is 8.70. The van der Waals surface area contributed by atoms with E-state index in [1.54, 1.807) is 11.1 Å². The lowest BCUT2D eigenvalue weighted by molar-refractivity contribution is -0.138. The first-order valence-electron chi connectivity index (χ1n) is 11.1. The summed E-state index contributed by atoms with van der Waals surface area (Å²) in [6, 6.07) is 13.2. The number of ether oxygens (including phenoxy) is 2. The molecule has 1 saturated heterocycles. The van der Waals surface area contributed by atoms with Crippen LogP contribution in [-0.4, -0.2) is 63.5 Å². The molecule has 0 radical (unpaired) electrons. The third-order valence-electron chi connectivity index (χ3n) is 5.10. The van der Waals surface area contributed by atoms with Crippen LogP contribution in [0.1, 0.15) is 32.0 Å². The van der Waals surface area contributed by atoms with E-state index in [4.69, 9.17) is 16.3 Å². The van der Waals surface area contributed by atoms with E-state index in [2.05, 4.69) is 14.7 Å². The summed E-state index contributed by atoms with van der Waals surface area (Å²) in [5.41, 5.74) is 2.35. The van der Waals surface area contributed by atoms with E-state index >= 15 is 0 Å². The van der Waals surface area contributed by atoms with Gasteiger partial charge in [-0.3, -0.25) is 14.5 Å². The van der Waals surface area contributed by atoms with Crippen molar-refractivity contribution in [3.8, 4) is 0 Å². The van der Waals surface area contributed by atoms with Crippen LogP contribution in [-0.2, 0) is 32.2 Å². The molecule has 2 aromatic heterocycles. The maximum atomic E-state index is 12.5. The van der Waals surface area contributed by atoms with Crippen LogP contribution in [0.2, 0.25) is 5.15 Å². The molecule has 1 N–H and O–H groups in total. The molecule has 4 rings (SSSR count). The van der Waals surface area contributed by atoms with Gasteiger partial charge in [-0.2, -0.15) is 0 Å². The molecule has 35 heavy (non-hydrogen) atoms. The Morgan fingerprint density at radius 2 is 1.94 bits per heavy atom. The van der Waals surface area contributed by atoms with Gasteiger partial charge < -0.3 is 19.4 Å². The van der Waals surface area contributed by atoms with Crippen LogP contribution >= 0.6 is 11.6 Å². The van der Waals surface area contributed by atoms with E-state index in [1.165, 1.54) is 4.90 Å². The minimum absolute atomic E-state index is 0.0101. The molecule has 186 valence electrons. The van der Waals surface area contributed by atoms with Crippen LogP contribution in [0.5, 0.6) is 0 Å². The zero-order valence-electron chi connectivity index (χ0n) is 20.0. The van der Waals surface area contributed by atoms with E-state index in [9.17, 15) is 14.4 Å². The summed E-state index contributed by atoms with van der Waals surface area (Å²) in [4.78, 5) is 44.8. The Hall–Kier alpha value is -3.59. The lowest BCUT2D eigenvalue weighted by Crippen LogP contribution is -2.51. The summed E-state index contributed by atoms with van der Waals surface area (Å²) in [7, 11) is 0. The van der Waals surface area contributed by atoms with Gasteiger partial charge in [0.2, 0.25) is 5.91 Å². The zero-order chi connectivity index (χ0) is 25.4. The molecule has 1 aliphatic rings. The zero-order valence-corrected chi connectivity index (χ0v) is 20.7. The van der Waals surface area contributed by atoms with Crippen LogP contribution in [0.15, 0.2) is 48.7 Å². The van der Waals surface area contributed by atoms with Crippen molar-refractivity contribution in [1.82, 2.24) is 19.8 Å². The fraction of sp³-hybridized carbons (Fsp3) is 0.360. The quantitative estimate of drug-likeness (QED) is 0.416. The molecule has 0 spiro atoms. The fourth-order valence-corrected chi connectivity index (χ4v) is 3.57. The number of carbonyl (C=O) groups excluding carboxylic acids is 3. The number of nitrogens with one attached hydrogen (secondary N) is 1. The van der Waals surface area contributed by atoms with Crippen LogP contribution in [0.4, 0.5) is 4.79 Å². The Labute approximate surface area is 209 Å². The summed E-state index contributed by atoms with van der Waals surface area (Å²) in [6.07, 6.45) is 1.16. The predicted octanol–water partition coefficient (Wildman–Crippen LogP) is 4.16. The summed E-state index contributed by atoms with van der Waals surface area (Å²) in [5.74, 6) is -0.120. The topological polar surface area (TPSA) is 105 Å². The van der Waals surface area contributed by atoms with Gasteiger partial charge >= 0.3 is 6.09 Å². The average molecular weight is 501 g/mol. The van der Waals surface area contributed by atoms with Gasteiger partial charge in [-0.25, -0.2) is 9.78 Å². The van der Waals surface area contributed by atoms with Gasteiger partial charge in [0.05, 0.1) is 12.1 Å². The van der Waals surface area contributed by atoms with Crippen molar-refractivity contribution in [2.75, 3.05) is 19.6 Å². The van der Waals surface area contributed by atoms with Gasteiger partial charge in [-0.1, -0.05) is 41.9 Å². The lowest BCUT2D eigenvalue weighted by atomic mass is 10.2. The highest BCUT2D eigenvalue weighted by atomic mass is 35.5. The molecule has 2 amide bonds. The van der Waals surface area contributed by atoms with Crippen molar-refractivity contribution in [1.29, 1.82) is 0 Å². The number of pyridine rings is 1. The highest BCUT2D eigenvalue weighted by Crippen LogP contribution is 2.23. The number of rotatable bonds is 5. The van der Waals surface area contributed by atoms with Gasteiger partial charge in [0, 0.05) is 30.4 Å². The van der Waals surface area contributed by atoms with Crippen molar-refractivity contribution in [2.24, 2.45) is 0 Å². The van der Waals surface area contributed by atoms with E-state index < -0.39 is 6.09 Å². The van der Waals surface area contributed by atoms with Gasteiger partial charge in [0.25, 0.3) is 6.47 Å². The van der Waals surface area contributed by atoms with E-state index in [-0.39, 0.29) is 24.7 Å². The first-order chi connectivity index (χ1) is 16.7. The molecule has 0 unspecified atom stereocenters. The highest BCUT2D eigenvalue weighted by Gasteiger charge is 2.28. The van der Waals surface area contributed by atoms with E-state index in [1.807, 2.05) is 63.2 Å². The monoisotopic (exact) mass is 500 g/mol. The SMILES string of the molecule is CC(C)(C)OC=O.O=C1CN(C(=O)OCc2ccccc2)CCN1Cc1cc2c(Cl)nccc2[nH]1. The summed E-state index contributed by atoms with van der Waals surface area (Å²) in [6.45, 7) is 7.43. The smallest absolute Gasteiger partial charge is 0.410 e. The second-order valence-electron chi connectivity index (χ2n) is 8.96. The van der Waals surface area contributed by atoms with Crippen molar-refractivity contribution in [3.63, 3.8) is 0 Å². The van der Waals surface area contributed by atoms with Crippen molar-refractivity contribution in [2.45, 2.75) is 39.5 Å². The number of piperazine rings is 1. The number of hydrogen-bond acceptors (Lipinski definition) is 6. The first-order valence-corrected chi connectivity index (χ1v) is 11.5. The Balaban J connectivity index is 0.000000429. The number of hydrogen-bond donors (Lipinski definition) is 1. The molecule has 0 bridgehead atoms. The molecule has 0 aliphatic carbocycles. The molecule has 9 nitrogen and oxygen atoms in total. The van der Waals surface area contributed by atoms with Gasteiger partial charge in [-0.05, 0) is 38.5 Å². The minimum atomic E-state index is -0.472. The standard InChI is InChI=1S/C20H19ClN4O3.C5H10O2/c21-19-16-10-15(23-17(16)6-7-22-19)11-24-8-9-25(12-18(24)26)20(27)28-13-14-4-2-1-3-5-14;1-5(2,3)7-4-6/h1-7,10,23H,8-9,11-13H2;4H,1-3H3. The number of nitrogens with zero attached hydrogens (tertiary/aromatic N) is 3. The molecule has 1 fully saturated rings. The molecule has 3 heterocycles. The Morgan fingerprint density at radius 3 is 2.54 bits per heavy atom. The van der Waals surface area contributed by atoms with Crippen molar-refractivity contribution >= 4 is 41.0 Å². The third-order valence-corrected chi connectivity index (χ3v) is 5.40. The van der Waals surface area contributed by atoms with Gasteiger partial charge in [-0.15, -0.1) is 0 Å². The molecule has 1 aromatic carbocycles. The maximum Gasteiger partial charge on any atom is 0.410 e. The summed E-state index contributed by atoms with van der Waals surface area (Å²) in [5, 5.41) is 1.26. The number of benzene rings is 1. The first kappa shape index (κ1) is 26.0. The molecule has 0 saturated carbocycles. The van der Waals surface area contributed by atoms with Gasteiger partial charge in [0.1, 0.15) is 23.9 Å². The van der Waals surface area contributed by atoms with Crippen LogP contribution < -0.4 is 0 Å². The second kappa shape index (κ2) is 11.7. The molecule has 10 heteroatoms. The Bertz CT molecular complexity index is 1160. The van der Waals surface area contributed by atoms with Crippen LogP contribution in [0.3, 0.4) is 0 Å². The molecule has 1 aliphatic heterocycles. The number of aromatic nitrogens is 2. The number of amides is 2. The van der Waals surface area contributed by atoms with Crippen LogP contribution in [0, 0.1) is 0 Å². The third kappa shape index (κ3) is 7.71. The van der Waals surface area contributed by atoms with Gasteiger partial charge in [0.15, 0.2) is 0 Å². The molecule has 0 atom stereocenters. The number of H-pyrrole nitrogens is 1. The number of aromatic amines is 1. The highest BCUT2D eigenvalue weighted by molar-refractivity contribution is 6.34. The largest absolute Gasteiger partial charge is 0.462 e. The Morgan fingerprint density at radius 1 is 1.20 bits per heavy atom. The van der Waals surface area contributed by atoms with E-state index in [0.717, 1.165) is 22.2 Å². The molecular weight excluding hydrogens is 472 g/mol. The normalized spacial score (nSPS) is 13.8. The second-order valence-corrected chi connectivity index (χ2v) is 9.32. The fourth-order valence-electron chi connectivity index (χ4n) is 3.35.